The largest absolute Gasteiger partial charge is 0.475 e. The molecule has 0 aliphatic heterocycles. The average molecular weight is 774 g/mol. The van der Waals surface area contributed by atoms with Crippen LogP contribution in [-0.2, 0) is 30.9 Å². The predicted octanol–water partition coefficient (Wildman–Crippen LogP) is 10.3. The zero-order chi connectivity index (χ0) is 30.8. The zero-order valence-electron chi connectivity index (χ0n) is 26.1. The van der Waals surface area contributed by atoms with Gasteiger partial charge in [0.1, 0.15) is 5.58 Å². The number of furan rings is 1. The predicted molar refractivity (Wildman–Crippen MR) is 183 cm³/mol. The summed E-state index contributed by atoms with van der Waals surface area (Å²) < 4.78 is 6.84. The van der Waals surface area contributed by atoms with Crippen LogP contribution >= 0.6 is 0 Å². The van der Waals surface area contributed by atoms with E-state index in [2.05, 4.69) is 92.3 Å². The van der Waals surface area contributed by atoms with Crippen LogP contribution in [0.25, 0.3) is 66.1 Å². The van der Waals surface area contributed by atoms with Gasteiger partial charge >= 0.3 is 0 Å². The minimum Gasteiger partial charge on any atom is -0.475 e. The number of para-hydroxylation sites is 1. The van der Waals surface area contributed by atoms with E-state index in [1.54, 1.807) is 6.20 Å². The van der Waals surface area contributed by atoms with Crippen molar-refractivity contribution in [2.24, 2.45) is 0 Å². The third-order valence-electron chi connectivity index (χ3n) is 9.84. The Morgan fingerprint density at radius 3 is 2.26 bits per heavy atom. The molecule has 0 amide bonds. The Balaban J connectivity index is 0.000000220. The molecule has 8 aromatic rings. The molecular weight excluding hydrogens is 743 g/mol. The Kier molecular flexibility index (Phi) is 7.35. The Morgan fingerprint density at radius 2 is 1.46 bits per heavy atom. The van der Waals surface area contributed by atoms with Gasteiger partial charge in [-0.2, -0.15) is 0 Å². The third kappa shape index (κ3) is 4.49. The van der Waals surface area contributed by atoms with E-state index in [0.717, 1.165) is 66.1 Å². The monoisotopic (exact) mass is 774 g/mol. The Bertz CT molecular complexity index is 2340. The van der Waals surface area contributed by atoms with Gasteiger partial charge < -0.3 is 14.4 Å². The minimum atomic E-state index is -0.179. The van der Waals surface area contributed by atoms with Crippen LogP contribution in [0.5, 0.6) is 0 Å². The first-order valence-electron chi connectivity index (χ1n) is 15.3. The molecule has 9 rings (SSSR count). The number of rotatable bonds is 1. The van der Waals surface area contributed by atoms with Crippen LogP contribution in [0.4, 0.5) is 0 Å². The number of hydrogen-bond donors (Lipinski definition) is 0. The number of aromatic nitrogens is 3. The molecule has 0 saturated carbocycles. The van der Waals surface area contributed by atoms with Crippen LogP contribution in [-0.4, -0.2) is 15.0 Å². The average Bonchev–Trinajstić information content (AvgIpc) is 3.47. The van der Waals surface area contributed by atoms with Gasteiger partial charge in [-0.1, -0.05) is 92.7 Å². The molecule has 0 N–H and O–H groups in total. The summed E-state index contributed by atoms with van der Waals surface area (Å²) in [5.74, 6) is 0. The molecule has 4 aromatic heterocycles. The molecule has 0 atom stereocenters. The second-order valence-electron chi connectivity index (χ2n) is 12.7. The summed E-state index contributed by atoms with van der Waals surface area (Å²) >= 11 is 0. The van der Waals surface area contributed by atoms with Gasteiger partial charge in [-0.15, -0.1) is 53.6 Å². The quantitative estimate of drug-likeness (QED) is 0.123. The van der Waals surface area contributed by atoms with E-state index in [9.17, 15) is 0 Å². The van der Waals surface area contributed by atoms with E-state index in [0.29, 0.717) is 0 Å². The number of nitrogens with zero attached hydrogens (tertiary/aromatic N) is 3. The summed E-state index contributed by atoms with van der Waals surface area (Å²) in [4.78, 5) is 13.7. The first kappa shape index (κ1) is 30.0. The van der Waals surface area contributed by atoms with Crippen LogP contribution in [0.2, 0.25) is 0 Å². The fourth-order valence-electron chi connectivity index (χ4n) is 6.79. The van der Waals surface area contributed by atoms with Crippen molar-refractivity contribution in [2.45, 2.75) is 38.5 Å². The van der Waals surface area contributed by atoms with Crippen molar-refractivity contribution < 1.29 is 24.5 Å². The molecule has 0 unspecified atom stereocenters. The molecule has 1 aliphatic rings. The maximum Gasteiger partial charge on any atom is 0.132 e. The summed E-state index contributed by atoms with van der Waals surface area (Å²) in [7, 11) is 0. The molecule has 4 nitrogen and oxygen atoms in total. The van der Waals surface area contributed by atoms with Gasteiger partial charge in [-0.25, -0.2) is 0 Å². The first-order chi connectivity index (χ1) is 21.9. The van der Waals surface area contributed by atoms with Crippen LogP contribution < -0.4 is 0 Å². The van der Waals surface area contributed by atoms with Gasteiger partial charge in [0, 0.05) is 54.9 Å². The van der Waals surface area contributed by atoms with Gasteiger partial charge in [0.05, 0.1) is 11.1 Å². The number of pyridine rings is 3. The summed E-state index contributed by atoms with van der Waals surface area (Å²) in [6, 6.07) is 39.3. The normalized spacial score (nSPS) is 14.3. The van der Waals surface area contributed by atoms with Crippen LogP contribution in [0, 0.1) is 12.1 Å². The Morgan fingerprint density at radius 1 is 0.652 bits per heavy atom. The molecular formula is C41H31IrN3O-2. The van der Waals surface area contributed by atoms with Crippen molar-refractivity contribution in [3.05, 3.63) is 139 Å². The third-order valence-corrected chi connectivity index (χ3v) is 9.84. The van der Waals surface area contributed by atoms with Crippen LogP contribution in [0.3, 0.4) is 0 Å². The number of hydrogen-bond acceptors (Lipinski definition) is 4. The second kappa shape index (κ2) is 11.3. The van der Waals surface area contributed by atoms with Crippen molar-refractivity contribution >= 4 is 43.6 Å². The fourth-order valence-corrected chi connectivity index (χ4v) is 6.79. The molecule has 0 fully saturated rings. The molecule has 227 valence electrons. The molecule has 0 bridgehead atoms. The van der Waals surface area contributed by atoms with E-state index in [1.165, 1.54) is 11.1 Å². The summed E-state index contributed by atoms with van der Waals surface area (Å²) in [5, 5.41) is 5.55. The molecule has 46 heavy (non-hydrogen) atoms. The van der Waals surface area contributed by atoms with Gasteiger partial charge in [0.2, 0.25) is 0 Å². The molecule has 0 saturated heterocycles. The maximum absolute atomic E-state index is 6.84. The molecule has 0 spiro atoms. The van der Waals surface area contributed by atoms with Gasteiger partial charge in [0.15, 0.2) is 0 Å². The SMILES string of the molecule is CC1(C)c2cccnc2-c2[c-]cc3c(oc4c3ccc3cnc5ccccc5c34)c2C1(C)C.[Ir].[c-]1ccccc1-c1ccccn1. The smallest absolute Gasteiger partial charge is 0.132 e. The van der Waals surface area contributed by atoms with E-state index in [1.807, 2.05) is 67.0 Å². The summed E-state index contributed by atoms with van der Waals surface area (Å²) in [5.41, 5.74) is 9.07. The first-order valence-corrected chi connectivity index (χ1v) is 15.3. The van der Waals surface area contributed by atoms with Crippen molar-refractivity contribution in [3.63, 3.8) is 0 Å². The summed E-state index contributed by atoms with van der Waals surface area (Å²) in [6.45, 7) is 9.26. The van der Waals surface area contributed by atoms with Gasteiger partial charge in [0.25, 0.3) is 0 Å². The Labute approximate surface area is 281 Å². The van der Waals surface area contributed by atoms with Gasteiger partial charge in [-0.05, 0) is 45.8 Å². The van der Waals surface area contributed by atoms with E-state index in [-0.39, 0.29) is 30.9 Å². The number of fused-ring (bicyclic) bond motifs is 11. The molecule has 4 heterocycles. The molecule has 1 aliphatic carbocycles. The van der Waals surface area contributed by atoms with Crippen molar-refractivity contribution in [1.82, 2.24) is 15.0 Å². The minimum absolute atomic E-state index is 0. The topological polar surface area (TPSA) is 51.8 Å². The summed E-state index contributed by atoms with van der Waals surface area (Å²) in [6.07, 6.45) is 5.61. The fraction of sp³-hybridized carbons (Fsp3) is 0.146. The second-order valence-corrected chi connectivity index (χ2v) is 12.7. The zero-order valence-corrected chi connectivity index (χ0v) is 28.4. The van der Waals surface area contributed by atoms with Crippen molar-refractivity contribution in [2.75, 3.05) is 0 Å². The molecule has 5 heteroatoms. The maximum atomic E-state index is 6.84. The Hall–Kier alpha value is -4.70. The van der Waals surface area contributed by atoms with Crippen molar-refractivity contribution in [1.29, 1.82) is 0 Å². The van der Waals surface area contributed by atoms with Crippen LogP contribution in [0.15, 0.2) is 120 Å². The molecule has 1 radical (unpaired) electrons. The van der Waals surface area contributed by atoms with Gasteiger partial charge in [-0.3, -0.25) is 4.98 Å². The molecule has 4 aromatic carbocycles. The van der Waals surface area contributed by atoms with Crippen LogP contribution in [0.1, 0.15) is 38.8 Å². The van der Waals surface area contributed by atoms with Crippen molar-refractivity contribution in [3.8, 4) is 22.5 Å². The van der Waals surface area contributed by atoms with E-state index in [4.69, 9.17) is 9.40 Å². The van der Waals surface area contributed by atoms with E-state index < -0.39 is 0 Å². The van der Waals surface area contributed by atoms with E-state index >= 15 is 0 Å². The number of benzene rings is 4. The standard InChI is InChI=1S/C30H23N2O.C11H8N.Ir/c1-29(2)22-9-7-15-31-26(22)21-14-13-19-18-12-11-17-16-32-23-10-6-5-8-20(23)24(17)27(18)33-28(19)25(21)30(29,3)4;1-2-6-10(7-3-1)11-8-4-5-9-12-11;/h5-13,15-16H,1-4H3;1-6,8-9H;/q2*-1;.